The molecule has 4 rings (SSSR count). The number of carbonyl (C=O) groups excluding carboxylic acids is 1. The quantitative estimate of drug-likeness (QED) is 0.868. The van der Waals surface area contributed by atoms with E-state index in [0.29, 0.717) is 11.8 Å². The van der Waals surface area contributed by atoms with Gasteiger partial charge < -0.3 is 9.32 Å². The van der Waals surface area contributed by atoms with E-state index in [0.717, 1.165) is 50.6 Å². The van der Waals surface area contributed by atoms with E-state index in [1.54, 1.807) is 6.26 Å². The lowest BCUT2D eigenvalue weighted by Crippen LogP contribution is -2.48. The maximum absolute atomic E-state index is 12.6. The lowest BCUT2D eigenvalue weighted by Gasteiger charge is -2.34. The average molecular weight is 311 g/mol. The minimum atomic E-state index is 0.128. The summed E-state index contributed by atoms with van der Waals surface area (Å²) in [5.41, 5.74) is 1.09. The van der Waals surface area contributed by atoms with Crippen molar-refractivity contribution >= 4 is 5.91 Å². The highest BCUT2D eigenvalue weighted by Crippen LogP contribution is 2.48. The van der Waals surface area contributed by atoms with E-state index < -0.39 is 0 Å². The molecule has 0 aromatic carbocycles. The van der Waals surface area contributed by atoms with Gasteiger partial charge in [-0.25, -0.2) is 0 Å². The predicted octanol–water partition coefficient (Wildman–Crippen LogP) is 2.12. The molecule has 3 heterocycles. The van der Waals surface area contributed by atoms with Crippen LogP contribution in [0.15, 0.2) is 47.2 Å². The van der Waals surface area contributed by atoms with Gasteiger partial charge in [-0.2, -0.15) is 0 Å². The molecule has 23 heavy (non-hydrogen) atoms. The Morgan fingerprint density at radius 1 is 1.17 bits per heavy atom. The Morgan fingerprint density at radius 3 is 2.74 bits per heavy atom. The molecule has 1 amide bonds. The van der Waals surface area contributed by atoms with E-state index >= 15 is 0 Å². The van der Waals surface area contributed by atoms with E-state index in [2.05, 4.69) is 16.0 Å². The van der Waals surface area contributed by atoms with Crippen LogP contribution in [-0.2, 0) is 11.3 Å². The number of nitrogens with zero attached hydrogens (tertiary/aromatic N) is 3. The van der Waals surface area contributed by atoms with E-state index in [4.69, 9.17) is 4.42 Å². The number of hydrogen-bond donors (Lipinski definition) is 0. The molecule has 0 N–H and O–H groups in total. The van der Waals surface area contributed by atoms with Gasteiger partial charge in [0, 0.05) is 50.8 Å². The van der Waals surface area contributed by atoms with Crippen LogP contribution in [0.3, 0.4) is 0 Å². The highest BCUT2D eigenvalue weighted by atomic mass is 16.3. The fraction of sp³-hybridized carbons (Fsp3) is 0.444. The summed E-state index contributed by atoms with van der Waals surface area (Å²) in [6.07, 6.45) is 4.45. The van der Waals surface area contributed by atoms with Crippen molar-refractivity contribution in [1.29, 1.82) is 0 Å². The average Bonchev–Trinajstić information content (AvgIpc) is 3.21. The van der Waals surface area contributed by atoms with Crippen molar-refractivity contribution in [2.75, 3.05) is 26.2 Å². The maximum Gasteiger partial charge on any atom is 0.226 e. The second-order valence-corrected chi connectivity index (χ2v) is 6.39. The standard InChI is InChI=1S/C18H21N3O2/c22-18(16-12-15(16)17-5-3-11-23-17)21-9-7-20(8-10-21)13-14-4-1-2-6-19-14/h1-6,11,15-16H,7-10,12-13H2/t15-,16+/m0/s1. The van der Waals surface area contributed by atoms with Gasteiger partial charge in [-0.15, -0.1) is 0 Å². The number of furan rings is 1. The van der Waals surface area contributed by atoms with Gasteiger partial charge in [0.05, 0.1) is 12.0 Å². The minimum Gasteiger partial charge on any atom is -0.469 e. The lowest BCUT2D eigenvalue weighted by atomic mass is 10.2. The number of piperazine rings is 1. The minimum absolute atomic E-state index is 0.128. The van der Waals surface area contributed by atoms with Gasteiger partial charge in [-0.05, 0) is 30.7 Å². The Kier molecular flexibility index (Phi) is 3.87. The maximum atomic E-state index is 12.6. The molecule has 2 aromatic heterocycles. The third-order valence-corrected chi connectivity index (χ3v) is 4.81. The molecule has 2 fully saturated rings. The van der Waals surface area contributed by atoms with Gasteiger partial charge in [0.25, 0.3) is 0 Å². The van der Waals surface area contributed by atoms with Crippen molar-refractivity contribution in [2.24, 2.45) is 5.92 Å². The third-order valence-electron chi connectivity index (χ3n) is 4.81. The number of rotatable bonds is 4. The van der Waals surface area contributed by atoms with Crippen molar-refractivity contribution in [2.45, 2.75) is 18.9 Å². The van der Waals surface area contributed by atoms with Gasteiger partial charge in [0.2, 0.25) is 5.91 Å². The van der Waals surface area contributed by atoms with Gasteiger partial charge in [0.1, 0.15) is 5.76 Å². The summed E-state index contributed by atoms with van der Waals surface area (Å²) in [4.78, 5) is 21.3. The van der Waals surface area contributed by atoms with Gasteiger partial charge in [0.15, 0.2) is 0 Å². The van der Waals surface area contributed by atoms with Gasteiger partial charge in [-0.1, -0.05) is 6.07 Å². The van der Waals surface area contributed by atoms with Crippen molar-refractivity contribution in [3.8, 4) is 0 Å². The number of carbonyl (C=O) groups is 1. The van der Waals surface area contributed by atoms with Crippen LogP contribution in [0.25, 0.3) is 0 Å². The normalized spacial score (nSPS) is 24.6. The summed E-state index contributed by atoms with van der Waals surface area (Å²) in [7, 11) is 0. The zero-order chi connectivity index (χ0) is 15.6. The SMILES string of the molecule is O=C([C@@H]1C[C@@H]1c1ccco1)N1CCN(Cc2ccccn2)CC1. The number of hydrogen-bond acceptors (Lipinski definition) is 4. The highest BCUT2D eigenvalue weighted by molar-refractivity contribution is 5.83. The van der Waals surface area contributed by atoms with Gasteiger partial charge in [-0.3, -0.25) is 14.7 Å². The summed E-state index contributed by atoms with van der Waals surface area (Å²) in [6, 6.07) is 9.87. The molecule has 2 aliphatic rings. The second-order valence-electron chi connectivity index (χ2n) is 6.39. The summed E-state index contributed by atoms with van der Waals surface area (Å²) in [6.45, 7) is 4.32. The first-order valence-electron chi connectivity index (χ1n) is 8.26. The molecule has 1 saturated heterocycles. The molecule has 0 radical (unpaired) electrons. The molecular formula is C18H21N3O2. The Labute approximate surface area is 135 Å². The molecule has 5 heteroatoms. The molecule has 5 nitrogen and oxygen atoms in total. The van der Waals surface area contributed by atoms with Crippen molar-refractivity contribution in [1.82, 2.24) is 14.8 Å². The molecular weight excluding hydrogens is 290 g/mol. The molecule has 120 valence electrons. The fourth-order valence-corrected chi connectivity index (χ4v) is 3.37. The first-order chi connectivity index (χ1) is 11.3. The zero-order valence-electron chi connectivity index (χ0n) is 13.1. The van der Waals surface area contributed by atoms with E-state index in [9.17, 15) is 4.79 Å². The first kappa shape index (κ1) is 14.5. The number of aromatic nitrogens is 1. The van der Waals surface area contributed by atoms with Crippen LogP contribution in [0, 0.1) is 5.92 Å². The molecule has 2 atom stereocenters. The van der Waals surface area contributed by atoms with Crippen LogP contribution in [0.5, 0.6) is 0 Å². The Balaban J connectivity index is 1.28. The third kappa shape index (κ3) is 3.15. The van der Waals surface area contributed by atoms with E-state index in [1.807, 2.05) is 35.4 Å². The number of pyridine rings is 1. The molecule has 2 aromatic rings. The van der Waals surface area contributed by atoms with Crippen molar-refractivity contribution < 1.29 is 9.21 Å². The topological polar surface area (TPSA) is 49.6 Å². The summed E-state index contributed by atoms with van der Waals surface area (Å²) < 4.78 is 5.42. The van der Waals surface area contributed by atoms with Crippen molar-refractivity contribution in [3.63, 3.8) is 0 Å². The summed E-state index contributed by atoms with van der Waals surface area (Å²) in [5, 5.41) is 0. The molecule has 1 aliphatic carbocycles. The molecule has 0 bridgehead atoms. The zero-order valence-corrected chi connectivity index (χ0v) is 13.1. The largest absolute Gasteiger partial charge is 0.469 e. The predicted molar refractivity (Wildman–Crippen MR) is 85.7 cm³/mol. The van der Waals surface area contributed by atoms with Crippen LogP contribution in [0.2, 0.25) is 0 Å². The van der Waals surface area contributed by atoms with Crippen molar-refractivity contribution in [3.05, 3.63) is 54.2 Å². The van der Waals surface area contributed by atoms with E-state index in [-0.39, 0.29) is 5.92 Å². The fourth-order valence-electron chi connectivity index (χ4n) is 3.37. The molecule has 0 unspecified atom stereocenters. The Hall–Kier alpha value is -2.14. The van der Waals surface area contributed by atoms with Crippen LogP contribution in [0.1, 0.15) is 23.8 Å². The Morgan fingerprint density at radius 2 is 2.04 bits per heavy atom. The monoisotopic (exact) mass is 311 g/mol. The molecule has 1 saturated carbocycles. The summed E-state index contributed by atoms with van der Waals surface area (Å²) >= 11 is 0. The second kappa shape index (κ2) is 6.16. The van der Waals surface area contributed by atoms with Crippen LogP contribution in [0.4, 0.5) is 0 Å². The van der Waals surface area contributed by atoms with E-state index in [1.165, 1.54) is 0 Å². The van der Waals surface area contributed by atoms with Gasteiger partial charge >= 0.3 is 0 Å². The first-order valence-corrected chi connectivity index (χ1v) is 8.26. The van der Waals surface area contributed by atoms with Crippen LogP contribution >= 0.6 is 0 Å². The smallest absolute Gasteiger partial charge is 0.226 e. The highest BCUT2D eigenvalue weighted by Gasteiger charge is 2.47. The number of amides is 1. The summed E-state index contributed by atoms with van der Waals surface area (Å²) in [5.74, 6) is 1.67. The lowest BCUT2D eigenvalue weighted by molar-refractivity contribution is -0.134. The van der Waals surface area contributed by atoms with Crippen LogP contribution < -0.4 is 0 Å². The Bertz CT molecular complexity index is 648. The molecule has 1 aliphatic heterocycles. The van der Waals surface area contributed by atoms with Crippen LogP contribution in [-0.4, -0.2) is 46.9 Å². The molecule has 0 spiro atoms.